The molecule has 15 heteroatoms. The van der Waals surface area contributed by atoms with E-state index in [0.717, 1.165) is 35.7 Å². The molecular weight excluding hydrogens is 543 g/mol. The third-order valence-electron chi connectivity index (χ3n) is 4.57. The van der Waals surface area contributed by atoms with Crippen LogP contribution in [0.4, 0.5) is 27.8 Å². The van der Waals surface area contributed by atoms with Crippen molar-refractivity contribution in [2.24, 2.45) is 4.99 Å². The zero-order valence-electron chi connectivity index (χ0n) is 18.9. The maximum absolute atomic E-state index is 13.3. The first-order valence-electron chi connectivity index (χ1n) is 10.2. The minimum absolute atomic E-state index is 0.0547. The Balaban J connectivity index is 1.64. The number of hydrogen-bond donors (Lipinski definition) is 2. The summed E-state index contributed by atoms with van der Waals surface area (Å²) in [6.45, 7) is 1.59. The van der Waals surface area contributed by atoms with E-state index in [-0.39, 0.29) is 22.0 Å². The molecule has 3 aromatic heterocycles. The largest absolute Gasteiger partial charge is 0.418 e. The predicted molar refractivity (Wildman–Crippen MR) is 127 cm³/mol. The smallest absolute Gasteiger partial charge is 0.344 e. The van der Waals surface area contributed by atoms with E-state index in [2.05, 4.69) is 30.6 Å². The SMILES string of the molecule is CN=C(/C=C/C(=O)NC(C)c1ncc(C(=O)Nc2cc(C(F)(F)F)c(Cl)cn2)s1)c1cc(F)nc(F)c1. The Morgan fingerprint density at radius 2 is 1.78 bits per heavy atom. The van der Waals surface area contributed by atoms with Crippen molar-refractivity contribution in [3.05, 3.63) is 80.7 Å². The van der Waals surface area contributed by atoms with E-state index in [1.54, 1.807) is 6.92 Å². The Kier molecular flexibility index (Phi) is 8.65. The number of carbonyl (C=O) groups excluding carboxylic acids is 2. The molecule has 194 valence electrons. The normalized spacial score (nSPS) is 13.0. The van der Waals surface area contributed by atoms with Crippen LogP contribution in [0.15, 0.2) is 47.7 Å². The van der Waals surface area contributed by atoms with Crippen LogP contribution in [0.1, 0.15) is 38.8 Å². The Morgan fingerprint density at radius 3 is 2.41 bits per heavy atom. The van der Waals surface area contributed by atoms with Crippen molar-refractivity contribution in [2.75, 3.05) is 12.4 Å². The van der Waals surface area contributed by atoms with E-state index in [4.69, 9.17) is 11.6 Å². The molecule has 0 aromatic carbocycles. The Morgan fingerprint density at radius 1 is 1.11 bits per heavy atom. The highest BCUT2D eigenvalue weighted by Crippen LogP contribution is 2.35. The maximum atomic E-state index is 13.3. The standard InChI is InChI=1S/C22H16ClF5N6O2S/c1-10(32-19(35)4-3-14(29-2)11-5-16(24)33-17(25)6-11)21-31-9-15(37-21)20(36)34-18-7-12(22(26,27)28)13(23)8-30-18/h3-10H,1-2H3,(H,32,35)(H,30,34,36)/b4-3+,29-14?. The van der Waals surface area contributed by atoms with Crippen LogP contribution >= 0.6 is 22.9 Å². The summed E-state index contributed by atoms with van der Waals surface area (Å²) in [6, 6.07) is 1.87. The van der Waals surface area contributed by atoms with Crippen molar-refractivity contribution in [1.29, 1.82) is 0 Å². The second-order valence-corrected chi connectivity index (χ2v) is 8.71. The number of aliphatic imine (C=N–C) groups is 1. The number of halogens is 6. The first-order chi connectivity index (χ1) is 17.4. The average Bonchev–Trinajstić information content (AvgIpc) is 3.30. The van der Waals surface area contributed by atoms with Gasteiger partial charge in [0.05, 0.1) is 28.5 Å². The lowest BCUT2D eigenvalue weighted by Gasteiger charge is -2.10. The summed E-state index contributed by atoms with van der Waals surface area (Å²) >= 11 is 6.42. The van der Waals surface area contributed by atoms with Crippen molar-refractivity contribution in [3.63, 3.8) is 0 Å². The van der Waals surface area contributed by atoms with Crippen LogP contribution in [0.3, 0.4) is 0 Å². The van der Waals surface area contributed by atoms with Gasteiger partial charge in [-0.1, -0.05) is 11.6 Å². The number of rotatable bonds is 7. The second-order valence-electron chi connectivity index (χ2n) is 7.24. The summed E-state index contributed by atoms with van der Waals surface area (Å²) in [6.07, 6.45) is -0.401. The van der Waals surface area contributed by atoms with Crippen LogP contribution < -0.4 is 10.6 Å². The van der Waals surface area contributed by atoms with Crippen molar-refractivity contribution in [3.8, 4) is 0 Å². The van der Waals surface area contributed by atoms with E-state index in [9.17, 15) is 31.5 Å². The van der Waals surface area contributed by atoms with Crippen LogP contribution in [-0.4, -0.2) is 39.5 Å². The molecule has 37 heavy (non-hydrogen) atoms. The maximum Gasteiger partial charge on any atom is 0.418 e. The van der Waals surface area contributed by atoms with Crippen molar-refractivity contribution >= 4 is 46.3 Å². The highest BCUT2D eigenvalue weighted by atomic mass is 35.5. The number of alkyl halides is 3. The summed E-state index contributed by atoms with van der Waals surface area (Å²) in [4.78, 5) is 39.4. The third kappa shape index (κ3) is 7.36. The van der Waals surface area contributed by atoms with Gasteiger partial charge in [0.2, 0.25) is 17.8 Å². The zero-order valence-corrected chi connectivity index (χ0v) is 20.5. The van der Waals surface area contributed by atoms with Crippen LogP contribution in [0, 0.1) is 11.9 Å². The highest BCUT2D eigenvalue weighted by molar-refractivity contribution is 7.13. The van der Waals surface area contributed by atoms with Gasteiger partial charge in [-0.05, 0) is 19.1 Å². The number of aromatic nitrogens is 3. The minimum Gasteiger partial charge on any atom is -0.344 e. The van der Waals surface area contributed by atoms with E-state index in [1.165, 1.54) is 19.3 Å². The summed E-state index contributed by atoms with van der Waals surface area (Å²) in [5.41, 5.74) is -0.942. The highest BCUT2D eigenvalue weighted by Gasteiger charge is 2.34. The lowest BCUT2D eigenvalue weighted by atomic mass is 10.1. The Hall–Kier alpha value is -3.78. The van der Waals surface area contributed by atoms with Gasteiger partial charge in [0.25, 0.3) is 5.91 Å². The number of pyridine rings is 2. The van der Waals surface area contributed by atoms with Crippen LogP contribution in [0.5, 0.6) is 0 Å². The van der Waals surface area contributed by atoms with Gasteiger partial charge in [-0.3, -0.25) is 14.6 Å². The van der Waals surface area contributed by atoms with Gasteiger partial charge in [0.15, 0.2) is 0 Å². The van der Waals surface area contributed by atoms with Crippen molar-refractivity contribution in [1.82, 2.24) is 20.3 Å². The topological polar surface area (TPSA) is 109 Å². The first-order valence-corrected chi connectivity index (χ1v) is 11.4. The molecule has 0 saturated carbocycles. The Bertz CT molecular complexity index is 1370. The fourth-order valence-electron chi connectivity index (χ4n) is 2.89. The Labute approximate surface area is 215 Å². The van der Waals surface area contributed by atoms with Gasteiger partial charge < -0.3 is 10.6 Å². The summed E-state index contributed by atoms with van der Waals surface area (Å²) in [5.74, 6) is -3.79. The van der Waals surface area contributed by atoms with Gasteiger partial charge in [-0.25, -0.2) is 9.97 Å². The van der Waals surface area contributed by atoms with Gasteiger partial charge >= 0.3 is 6.18 Å². The fraction of sp³-hybridized carbons (Fsp3) is 0.182. The molecular formula is C22H16ClF5N6O2S. The predicted octanol–water partition coefficient (Wildman–Crippen LogP) is 4.99. The number of anilines is 1. The molecule has 0 aliphatic heterocycles. The number of nitrogens with zero attached hydrogens (tertiary/aromatic N) is 4. The molecule has 0 fully saturated rings. The molecule has 0 spiro atoms. The molecule has 3 rings (SSSR count). The zero-order chi connectivity index (χ0) is 27.3. The van der Waals surface area contributed by atoms with Crippen molar-refractivity contribution < 1.29 is 31.5 Å². The van der Waals surface area contributed by atoms with Gasteiger partial charge in [-0.2, -0.15) is 26.9 Å². The molecule has 0 radical (unpaired) electrons. The number of nitrogens with one attached hydrogen (secondary N) is 2. The summed E-state index contributed by atoms with van der Waals surface area (Å²) < 4.78 is 65.7. The van der Waals surface area contributed by atoms with E-state index >= 15 is 0 Å². The molecule has 1 unspecified atom stereocenters. The number of amides is 2. The van der Waals surface area contributed by atoms with Gasteiger partial charge in [0, 0.05) is 37.0 Å². The van der Waals surface area contributed by atoms with E-state index in [1.807, 2.05) is 0 Å². The van der Waals surface area contributed by atoms with Crippen LogP contribution in [0.25, 0.3) is 0 Å². The van der Waals surface area contributed by atoms with Crippen LogP contribution in [-0.2, 0) is 11.0 Å². The molecule has 3 heterocycles. The first kappa shape index (κ1) is 27.8. The average molecular weight is 559 g/mol. The number of thiazole rings is 1. The third-order valence-corrected chi connectivity index (χ3v) is 6.05. The summed E-state index contributed by atoms with van der Waals surface area (Å²) in [7, 11) is 1.38. The van der Waals surface area contributed by atoms with E-state index < -0.39 is 46.5 Å². The lowest BCUT2D eigenvalue weighted by molar-refractivity contribution is -0.137. The monoisotopic (exact) mass is 558 g/mol. The molecule has 2 amide bonds. The molecule has 3 aromatic rings. The quantitative estimate of drug-likeness (QED) is 0.184. The number of hydrogen-bond acceptors (Lipinski definition) is 7. The number of allylic oxidation sites excluding steroid dienone is 1. The van der Waals surface area contributed by atoms with Gasteiger partial charge in [-0.15, -0.1) is 11.3 Å². The van der Waals surface area contributed by atoms with Gasteiger partial charge in [0.1, 0.15) is 15.7 Å². The second kappa shape index (κ2) is 11.5. The van der Waals surface area contributed by atoms with E-state index in [0.29, 0.717) is 11.1 Å². The van der Waals surface area contributed by atoms with Crippen LogP contribution in [0.2, 0.25) is 5.02 Å². The molecule has 0 bridgehead atoms. The molecule has 1 atom stereocenters. The molecule has 8 nitrogen and oxygen atoms in total. The molecule has 0 aliphatic carbocycles. The number of carbonyl (C=O) groups is 2. The summed E-state index contributed by atoms with van der Waals surface area (Å²) in [5, 5.41) is 4.57. The lowest BCUT2D eigenvalue weighted by Crippen LogP contribution is -2.24. The molecule has 0 saturated heterocycles. The minimum atomic E-state index is -4.73. The van der Waals surface area contributed by atoms with Crippen molar-refractivity contribution in [2.45, 2.75) is 19.1 Å². The fourth-order valence-corrected chi connectivity index (χ4v) is 3.91. The molecule has 0 aliphatic rings. The molecule has 2 N–H and O–H groups in total.